The van der Waals surface area contributed by atoms with Crippen LogP contribution in [0.3, 0.4) is 0 Å². The zero-order valence-electron chi connectivity index (χ0n) is 10.2. The van der Waals surface area contributed by atoms with Crippen molar-refractivity contribution in [3.8, 4) is 5.75 Å². The van der Waals surface area contributed by atoms with Crippen LogP contribution in [0.2, 0.25) is 5.02 Å². The number of thiophene rings is 1. The highest BCUT2D eigenvalue weighted by atomic mass is 79.9. The van der Waals surface area contributed by atoms with E-state index in [1.165, 1.54) is 4.88 Å². The maximum atomic E-state index is 6.19. The fourth-order valence-electron chi connectivity index (χ4n) is 1.69. The van der Waals surface area contributed by atoms with Gasteiger partial charge in [-0.25, -0.2) is 0 Å². The molecule has 0 fully saturated rings. The molecule has 0 atom stereocenters. The number of hydrogen-bond donors (Lipinski definition) is 1. The van der Waals surface area contributed by atoms with Gasteiger partial charge in [0.1, 0.15) is 5.75 Å². The number of halogens is 3. The molecule has 0 spiro atoms. The molecule has 1 N–H and O–H groups in total. The van der Waals surface area contributed by atoms with Gasteiger partial charge in [0.05, 0.1) is 10.9 Å². The summed E-state index contributed by atoms with van der Waals surface area (Å²) in [6.07, 6.45) is 0. The van der Waals surface area contributed by atoms with E-state index in [2.05, 4.69) is 43.2 Å². The quantitative estimate of drug-likeness (QED) is 0.709. The van der Waals surface area contributed by atoms with Crippen LogP contribution in [0.15, 0.2) is 32.5 Å². The Balaban J connectivity index is 1.99. The van der Waals surface area contributed by atoms with Crippen LogP contribution in [-0.2, 0) is 13.1 Å². The predicted octanol–water partition coefficient (Wildman–Crippen LogP) is 5.22. The third-order valence-electron chi connectivity index (χ3n) is 2.59. The van der Waals surface area contributed by atoms with Crippen LogP contribution in [0.5, 0.6) is 5.75 Å². The summed E-state index contributed by atoms with van der Waals surface area (Å²) in [6.45, 7) is 1.47. The molecule has 0 saturated heterocycles. The number of benzene rings is 1. The third-order valence-corrected chi connectivity index (χ3v) is 6.20. The van der Waals surface area contributed by atoms with Gasteiger partial charge in [-0.2, -0.15) is 0 Å². The Morgan fingerprint density at radius 3 is 2.74 bits per heavy atom. The van der Waals surface area contributed by atoms with E-state index < -0.39 is 0 Å². The van der Waals surface area contributed by atoms with Crippen molar-refractivity contribution in [2.45, 2.75) is 13.1 Å². The van der Waals surface area contributed by atoms with Crippen LogP contribution in [0.1, 0.15) is 10.4 Å². The van der Waals surface area contributed by atoms with E-state index in [9.17, 15) is 0 Å². The molecule has 19 heavy (non-hydrogen) atoms. The Labute approximate surface area is 138 Å². The van der Waals surface area contributed by atoms with Gasteiger partial charge < -0.3 is 10.1 Å². The molecule has 0 amide bonds. The summed E-state index contributed by atoms with van der Waals surface area (Å²) in [5.41, 5.74) is 0.987. The molecule has 6 heteroatoms. The highest BCUT2D eigenvalue weighted by Gasteiger charge is 2.08. The Kier molecular flexibility index (Phi) is 5.71. The van der Waals surface area contributed by atoms with Gasteiger partial charge in [0, 0.05) is 33.0 Å². The second-order valence-electron chi connectivity index (χ2n) is 3.86. The highest BCUT2D eigenvalue weighted by molar-refractivity contribution is 9.13. The SMILES string of the molecule is COc1cccc(Cl)c1CNCc1cc(Br)c(Br)s1. The standard InChI is InChI=1S/C13H12Br2ClNOS/c1-18-12-4-2-3-11(16)9(12)7-17-6-8-5-10(14)13(15)19-8/h2-5,17H,6-7H2,1H3. The summed E-state index contributed by atoms with van der Waals surface area (Å²) in [5, 5.41) is 4.10. The molecule has 1 heterocycles. The van der Waals surface area contributed by atoms with Gasteiger partial charge in [-0.3, -0.25) is 0 Å². The van der Waals surface area contributed by atoms with Gasteiger partial charge in [0.25, 0.3) is 0 Å². The molecular formula is C13H12Br2ClNOS. The zero-order valence-corrected chi connectivity index (χ0v) is 14.9. The maximum Gasteiger partial charge on any atom is 0.124 e. The minimum Gasteiger partial charge on any atom is -0.496 e. The maximum absolute atomic E-state index is 6.19. The number of methoxy groups -OCH3 is 1. The Morgan fingerprint density at radius 1 is 1.32 bits per heavy atom. The van der Waals surface area contributed by atoms with Gasteiger partial charge >= 0.3 is 0 Å². The first-order valence-electron chi connectivity index (χ1n) is 5.57. The van der Waals surface area contributed by atoms with E-state index >= 15 is 0 Å². The minimum absolute atomic E-state index is 0.677. The Hall–Kier alpha value is -0.0700. The van der Waals surface area contributed by atoms with E-state index in [0.29, 0.717) is 6.54 Å². The van der Waals surface area contributed by atoms with E-state index in [4.69, 9.17) is 16.3 Å². The molecule has 0 bridgehead atoms. The van der Waals surface area contributed by atoms with Crippen molar-refractivity contribution < 1.29 is 4.74 Å². The second kappa shape index (κ2) is 7.09. The van der Waals surface area contributed by atoms with Gasteiger partial charge in [0.2, 0.25) is 0 Å². The number of rotatable bonds is 5. The molecule has 102 valence electrons. The van der Waals surface area contributed by atoms with Crippen LogP contribution in [-0.4, -0.2) is 7.11 Å². The van der Waals surface area contributed by atoms with Crippen molar-refractivity contribution in [2.24, 2.45) is 0 Å². The molecule has 2 aromatic rings. The van der Waals surface area contributed by atoms with Crippen molar-refractivity contribution in [2.75, 3.05) is 7.11 Å². The second-order valence-corrected chi connectivity index (χ2v) is 7.57. The van der Waals surface area contributed by atoms with Crippen LogP contribution in [0.25, 0.3) is 0 Å². The van der Waals surface area contributed by atoms with Crippen molar-refractivity contribution >= 4 is 54.8 Å². The monoisotopic (exact) mass is 423 g/mol. The first kappa shape index (κ1) is 15.3. The van der Waals surface area contributed by atoms with Gasteiger partial charge in [-0.15, -0.1) is 11.3 Å². The lowest BCUT2D eigenvalue weighted by molar-refractivity contribution is 0.408. The molecule has 0 saturated carbocycles. The Morgan fingerprint density at radius 2 is 2.11 bits per heavy atom. The van der Waals surface area contributed by atoms with Crippen molar-refractivity contribution in [3.63, 3.8) is 0 Å². The Bertz CT molecular complexity index is 554. The normalized spacial score (nSPS) is 10.7. The minimum atomic E-state index is 0.677. The number of ether oxygens (including phenoxy) is 1. The lowest BCUT2D eigenvalue weighted by Gasteiger charge is -2.10. The summed E-state index contributed by atoms with van der Waals surface area (Å²) in [6, 6.07) is 7.78. The van der Waals surface area contributed by atoms with Crippen LogP contribution in [0, 0.1) is 0 Å². The lowest BCUT2D eigenvalue weighted by Crippen LogP contribution is -2.13. The molecule has 1 aromatic carbocycles. The highest BCUT2D eigenvalue weighted by Crippen LogP contribution is 2.32. The van der Waals surface area contributed by atoms with Crippen LogP contribution < -0.4 is 10.1 Å². The smallest absolute Gasteiger partial charge is 0.124 e. The van der Waals surface area contributed by atoms with E-state index in [1.807, 2.05) is 18.2 Å². The summed E-state index contributed by atoms with van der Waals surface area (Å²) in [4.78, 5) is 1.25. The van der Waals surface area contributed by atoms with Gasteiger partial charge in [-0.05, 0) is 50.1 Å². The molecule has 2 nitrogen and oxygen atoms in total. The summed E-state index contributed by atoms with van der Waals surface area (Å²) < 4.78 is 7.51. The van der Waals surface area contributed by atoms with E-state index in [0.717, 1.165) is 31.1 Å². The molecular weight excluding hydrogens is 413 g/mol. The van der Waals surface area contributed by atoms with Crippen molar-refractivity contribution in [1.29, 1.82) is 0 Å². The predicted molar refractivity (Wildman–Crippen MR) is 88.3 cm³/mol. The molecule has 0 radical (unpaired) electrons. The number of nitrogens with one attached hydrogen (secondary N) is 1. The molecule has 0 aliphatic carbocycles. The molecule has 1 aromatic heterocycles. The molecule has 0 aliphatic rings. The van der Waals surface area contributed by atoms with Crippen LogP contribution in [0.4, 0.5) is 0 Å². The summed E-state index contributed by atoms with van der Waals surface area (Å²) >= 11 is 14.9. The lowest BCUT2D eigenvalue weighted by atomic mass is 10.2. The van der Waals surface area contributed by atoms with E-state index in [1.54, 1.807) is 18.4 Å². The molecule has 2 rings (SSSR count). The average molecular weight is 426 g/mol. The summed E-state index contributed by atoms with van der Waals surface area (Å²) in [5.74, 6) is 0.813. The molecule has 0 unspecified atom stereocenters. The first-order valence-corrected chi connectivity index (χ1v) is 8.35. The fourth-order valence-corrected chi connectivity index (χ4v) is 4.07. The largest absolute Gasteiger partial charge is 0.496 e. The van der Waals surface area contributed by atoms with Gasteiger partial charge in [0.15, 0.2) is 0 Å². The summed E-state index contributed by atoms with van der Waals surface area (Å²) in [7, 11) is 1.66. The number of hydrogen-bond acceptors (Lipinski definition) is 3. The first-order chi connectivity index (χ1) is 9.11. The average Bonchev–Trinajstić information content (AvgIpc) is 2.70. The van der Waals surface area contributed by atoms with Gasteiger partial charge in [-0.1, -0.05) is 17.7 Å². The van der Waals surface area contributed by atoms with Crippen molar-refractivity contribution in [3.05, 3.63) is 48.0 Å². The molecule has 0 aliphatic heterocycles. The van der Waals surface area contributed by atoms with E-state index in [-0.39, 0.29) is 0 Å². The fraction of sp³-hybridized carbons (Fsp3) is 0.231. The third kappa shape index (κ3) is 3.95. The topological polar surface area (TPSA) is 21.3 Å². The zero-order chi connectivity index (χ0) is 13.8. The van der Waals surface area contributed by atoms with Crippen molar-refractivity contribution in [1.82, 2.24) is 5.32 Å². The van der Waals surface area contributed by atoms with Crippen LogP contribution >= 0.6 is 54.8 Å².